The summed E-state index contributed by atoms with van der Waals surface area (Å²) in [6.07, 6.45) is 5.19. The summed E-state index contributed by atoms with van der Waals surface area (Å²) < 4.78 is 6.87. The van der Waals surface area contributed by atoms with Crippen molar-refractivity contribution in [2.45, 2.75) is 6.42 Å². The zero-order chi connectivity index (χ0) is 16.4. The van der Waals surface area contributed by atoms with Crippen LogP contribution in [0.4, 0.5) is 5.69 Å². The van der Waals surface area contributed by atoms with E-state index >= 15 is 0 Å². The molecule has 7 nitrogen and oxygen atoms in total. The molecule has 0 unspecified atom stereocenters. The molecule has 1 N–H and O–H groups in total. The summed E-state index contributed by atoms with van der Waals surface area (Å²) in [5.41, 5.74) is 2.74. The number of hydrogen-bond donors (Lipinski definition) is 1. The van der Waals surface area contributed by atoms with Gasteiger partial charge in [0, 0.05) is 18.2 Å². The van der Waals surface area contributed by atoms with Crippen LogP contribution in [-0.4, -0.2) is 25.7 Å². The van der Waals surface area contributed by atoms with Crippen LogP contribution in [0.3, 0.4) is 0 Å². The summed E-state index contributed by atoms with van der Waals surface area (Å²) in [5, 5.41) is 10.6. The van der Waals surface area contributed by atoms with Gasteiger partial charge in [-0.05, 0) is 17.7 Å². The summed E-state index contributed by atoms with van der Waals surface area (Å²) in [7, 11) is 0. The van der Waals surface area contributed by atoms with Gasteiger partial charge in [0.2, 0.25) is 0 Å². The molecule has 0 aliphatic rings. The van der Waals surface area contributed by atoms with Crippen LogP contribution in [0.15, 0.2) is 65.7 Å². The quantitative estimate of drug-likeness (QED) is 0.625. The standard InChI is InChI=1S/C17H13N5O2/c23-17(13-6-7-22-16(9-13)18-11-19-22)21-14-10-20-24-15(14)8-12-4-2-1-3-5-12/h1-7,9-11H,8H2,(H,21,23). The minimum Gasteiger partial charge on any atom is -0.359 e. The average molecular weight is 319 g/mol. The maximum Gasteiger partial charge on any atom is 0.255 e. The second-order valence-electron chi connectivity index (χ2n) is 5.26. The van der Waals surface area contributed by atoms with Crippen LogP contribution < -0.4 is 5.32 Å². The lowest BCUT2D eigenvalue weighted by molar-refractivity contribution is 0.102. The molecule has 3 heterocycles. The Hall–Kier alpha value is -3.48. The highest BCUT2D eigenvalue weighted by Gasteiger charge is 2.14. The van der Waals surface area contributed by atoms with Gasteiger partial charge in [-0.15, -0.1) is 0 Å². The van der Waals surface area contributed by atoms with Crippen molar-refractivity contribution in [1.82, 2.24) is 19.8 Å². The number of anilines is 1. The Bertz CT molecular complexity index is 990. The van der Waals surface area contributed by atoms with Crippen LogP contribution in [0.2, 0.25) is 0 Å². The zero-order valence-corrected chi connectivity index (χ0v) is 12.6. The van der Waals surface area contributed by atoms with E-state index in [1.54, 1.807) is 22.8 Å². The lowest BCUT2D eigenvalue weighted by atomic mass is 10.1. The lowest BCUT2D eigenvalue weighted by Gasteiger charge is -2.05. The molecule has 7 heteroatoms. The summed E-state index contributed by atoms with van der Waals surface area (Å²) >= 11 is 0. The Morgan fingerprint density at radius 3 is 2.96 bits per heavy atom. The van der Waals surface area contributed by atoms with Gasteiger partial charge in [-0.25, -0.2) is 9.50 Å². The van der Waals surface area contributed by atoms with Crippen LogP contribution in [0.25, 0.3) is 5.65 Å². The third-order valence-electron chi connectivity index (χ3n) is 3.64. The first-order valence-electron chi connectivity index (χ1n) is 7.38. The molecule has 4 rings (SSSR count). The molecular weight excluding hydrogens is 306 g/mol. The highest BCUT2D eigenvalue weighted by molar-refractivity contribution is 6.04. The third-order valence-corrected chi connectivity index (χ3v) is 3.64. The maximum absolute atomic E-state index is 12.4. The van der Waals surface area contributed by atoms with Crippen molar-refractivity contribution < 1.29 is 9.32 Å². The topological polar surface area (TPSA) is 85.3 Å². The predicted octanol–water partition coefficient (Wildman–Crippen LogP) is 2.56. The minimum absolute atomic E-state index is 0.252. The second-order valence-corrected chi connectivity index (χ2v) is 5.26. The van der Waals surface area contributed by atoms with Crippen LogP contribution >= 0.6 is 0 Å². The van der Waals surface area contributed by atoms with Crippen LogP contribution in [0.5, 0.6) is 0 Å². The van der Waals surface area contributed by atoms with Crippen molar-refractivity contribution in [3.63, 3.8) is 0 Å². The molecule has 0 fully saturated rings. The van der Waals surface area contributed by atoms with E-state index in [1.165, 1.54) is 12.5 Å². The molecule has 0 radical (unpaired) electrons. The highest BCUT2D eigenvalue weighted by Crippen LogP contribution is 2.19. The van der Waals surface area contributed by atoms with Gasteiger partial charge in [-0.2, -0.15) is 5.10 Å². The number of carbonyl (C=O) groups is 1. The van der Waals surface area contributed by atoms with E-state index in [4.69, 9.17) is 4.52 Å². The second kappa shape index (κ2) is 5.96. The molecule has 0 atom stereocenters. The number of carbonyl (C=O) groups excluding carboxylic acids is 1. The van der Waals surface area contributed by atoms with Crippen molar-refractivity contribution in [3.05, 3.63) is 78.1 Å². The largest absolute Gasteiger partial charge is 0.359 e. The fourth-order valence-corrected chi connectivity index (χ4v) is 2.43. The molecule has 0 saturated heterocycles. The SMILES string of the molecule is O=C(Nc1cnoc1Cc1ccccc1)c1ccn2ncnc2c1. The molecule has 1 amide bonds. The number of nitrogens with one attached hydrogen (secondary N) is 1. The minimum atomic E-state index is -0.252. The number of rotatable bonds is 4. The Balaban J connectivity index is 1.55. The van der Waals surface area contributed by atoms with Gasteiger partial charge >= 0.3 is 0 Å². The van der Waals surface area contributed by atoms with Gasteiger partial charge < -0.3 is 9.84 Å². The lowest BCUT2D eigenvalue weighted by Crippen LogP contribution is -2.13. The molecule has 0 bridgehead atoms. The first-order chi connectivity index (χ1) is 11.8. The zero-order valence-electron chi connectivity index (χ0n) is 12.6. The van der Waals surface area contributed by atoms with Gasteiger partial charge in [-0.3, -0.25) is 4.79 Å². The molecular formula is C17H13N5O2. The number of aromatic nitrogens is 4. The predicted molar refractivity (Wildman–Crippen MR) is 86.7 cm³/mol. The van der Waals surface area contributed by atoms with Gasteiger partial charge in [0.25, 0.3) is 5.91 Å². The highest BCUT2D eigenvalue weighted by atomic mass is 16.5. The van der Waals surface area contributed by atoms with E-state index in [-0.39, 0.29) is 5.91 Å². The smallest absolute Gasteiger partial charge is 0.255 e. The molecule has 0 aliphatic heterocycles. The van der Waals surface area contributed by atoms with Gasteiger partial charge in [0.1, 0.15) is 12.0 Å². The van der Waals surface area contributed by atoms with E-state index in [1.807, 2.05) is 30.3 Å². The molecule has 3 aromatic heterocycles. The van der Waals surface area contributed by atoms with Crippen LogP contribution in [0, 0.1) is 0 Å². The third kappa shape index (κ3) is 2.74. The first-order valence-corrected chi connectivity index (χ1v) is 7.38. The molecule has 0 spiro atoms. The van der Waals surface area contributed by atoms with E-state index in [2.05, 4.69) is 20.6 Å². The number of amides is 1. The summed E-state index contributed by atoms with van der Waals surface area (Å²) in [5.74, 6) is 0.358. The van der Waals surface area contributed by atoms with Crippen LogP contribution in [-0.2, 0) is 6.42 Å². The molecule has 1 aromatic carbocycles. The number of benzene rings is 1. The van der Waals surface area contributed by atoms with E-state index < -0.39 is 0 Å². The van der Waals surface area contributed by atoms with E-state index in [0.717, 1.165) is 5.56 Å². The van der Waals surface area contributed by atoms with Gasteiger partial charge in [0.05, 0.1) is 6.20 Å². The molecule has 24 heavy (non-hydrogen) atoms. The summed E-state index contributed by atoms with van der Waals surface area (Å²) in [6.45, 7) is 0. The van der Waals surface area contributed by atoms with E-state index in [9.17, 15) is 4.79 Å². The van der Waals surface area contributed by atoms with Crippen molar-refractivity contribution in [2.24, 2.45) is 0 Å². The molecule has 4 aromatic rings. The monoisotopic (exact) mass is 319 g/mol. The van der Waals surface area contributed by atoms with Crippen LogP contribution in [0.1, 0.15) is 21.7 Å². The molecule has 0 aliphatic carbocycles. The summed E-state index contributed by atoms with van der Waals surface area (Å²) in [6, 6.07) is 13.2. The fourth-order valence-electron chi connectivity index (χ4n) is 2.43. The first kappa shape index (κ1) is 14.1. The van der Waals surface area contributed by atoms with Crippen molar-refractivity contribution in [1.29, 1.82) is 0 Å². The number of pyridine rings is 1. The van der Waals surface area contributed by atoms with Gasteiger partial charge in [0.15, 0.2) is 11.4 Å². The molecule has 118 valence electrons. The number of nitrogens with zero attached hydrogens (tertiary/aromatic N) is 4. The van der Waals surface area contributed by atoms with Gasteiger partial charge in [-0.1, -0.05) is 35.5 Å². The van der Waals surface area contributed by atoms with Crippen molar-refractivity contribution in [3.8, 4) is 0 Å². The summed E-state index contributed by atoms with van der Waals surface area (Å²) in [4.78, 5) is 16.5. The molecule has 0 saturated carbocycles. The Labute approximate surface area is 136 Å². The maximum atomic E-state index is 12.4. The Morgan fingerprint density at radius 2 is 2.08 bits per heavy atom. The average Bonchev–Trinajstić information content (AvgIpc) is 3.24. The van der Waals surface area contributed by atoms with E-state index in [0.29, 0.717) is 29.1 Å². The van der Waals surface area contributed by atoms with Crippen molar-refractivity contribution in [2.75, 3.05) is 5.32 Å². The number of hydrogen-bond acceptors (Lipinski definition) is 5. The fraction of sp³-hybridized carbons (Fsp3) is 0.0588. The number of fused-ring (bicyclic) bond motifs is 1. The Morgan fingerprint density at radius 1 is 1.21 bits per heavy atom. The Kier molecular flexibility index (Phi) is 3.51. The normalized spacial score (nSPS) is 10.8. The van der Waals surface area contributed by atoms with Crippen molar-refractivity contribution >= 4 is 17.2 Å².